The zero-order valence-electron chi connectivity index (χ0n) is 12.5. The molecule has 3 nitrogen and oxygen atoms in total. The minimum absolute atomic E-state index is 0.109. The minimum Gasteiger partial charge on any atom is -0.353 e. The smallest absolute Gasteiger partial charge is 0.133 e. The van der Waals surface area contributed by atoms with Gasteiger partial charge in [-0.25, -0.2) is 14.4 Å². The van der Waals surface area contributed by atoms with Gasteiger partial charge in [-0.15, -0.1) is 0 Å². The van der Waals surface area contributed by atoms with Crippen LogP contribution in [-0.4, -0.2) is 17.0 Å². The van der Waals surface area contributed by atoms with E-state index in [1.807, 2.05) is 31.0 Å². The topological polar surface area (TPSA) is 29.0 Å². The van der Waals surface area contributed by atoms with Crippen molar-refractivity contribution < 1.29 is 4.39 Å². The predicted molar refractivity (Wildman–Crippen MR) is 86.9 cm³/mol. The second-order valence-electron chi connectivity index (χ2n) is 5.02. The van der Waals surface area contributed by atoms with E-state index in [2.05, 4.69) is 32.8 Å². The maximum atomic E-state index is 13.9. The normalized spacial score (nSPS) is 12.2. The van der Waals surface area contributed by atoms with Crippen molar-refractivity contribution in [1.29, 1.82) is 0 Å². The second kappa shape index (κ2) is 6.98. The minimum atomic E-state index is -0.196. The fourth-order valence-electron chi connectivity index (χ4n) is 2.19. The molecule has 0 N–H and O–H groups in total. The van der Waals surface area contributed by atoms with Gasteiger partial charge in [0.15, 0.2) is 0 Å². The zero-order valence-corrected chi connectivity index (χ0v) is 14.1. The molecule has 5 heteroatoms. The Morgan fingerprint density at radius 3 is 2.67 bits per heavy atom. The van der Waals surface area contributed by atoms with Crippen molar-refractivity contribution in [3.8, 4) is 0 Å². The number of aryl methyl sites for hydroxylation is 1. The summed E-state index contributed by atoms with van der Waals surface area (Å²) in [7, 11) is 1.92. The van der Waals surface area contributed by atoms with Gasteiger partial charge in [-0.1, -0.05) is 25.1 Å². The van der Waals surface area contributed by atoms with Gasteiger partial charge < -0.3 is 4.90 Å². The molecule has 2 aromatic rings. The third-order valence-electron chi connectivity index (χ3n) is 3.50. The lowest BCUT2D eigenvalue weighted by Crippen LogP contribution is -2.24. The Hall–Kier alpha value is -1.49. The van der Waals surface area contributed by atoms with Crippen molar-refractivity contribution >= 4 is 21.7 Å². The van der Waals surface area contributed by atoms with Gasteiger partial charge in [0.25, 0.3) is 0 Å². The van der Waals surface area contributed by atoms with Gasteiger partial charge in [0.2, 0.25) is 0 Å². The molecule has 0 saturated carbocycles. The molecule has 21 heavy (non-hydrogen) atoms. The molecule has 1 aromatic carbocycles. The Morgan fingerprint density at radius 2 is 2.00 bits per heavy atom. The van der Waals surface area contributed by atoms with Crippen LogP contribution in [0.3, 0.4) is 0 Å². The van der Waals surface area contributed by atoms with E-state index in [1.165, 1.54) is 6.07 Å². The summed E-state index contributed by atoms with van der Waals surface area (Å²) in [6.07, 6.45) is 1.82. The highest BCUT2D eigenvalue weighted by atomic mass is 79.9. The number of rotatable bonds is 5. The number of hydrogen-bond donors (Lipinski definition) is 0. The fourth-order valence-corrected chi connectivity index (χ4v) is 2.60. The first-order valence-electron chi connectivity index (χ1n) is 7.03. The molecule has 0 saturated heterocycles. The summed E-state index contributed by atoms with van der Waals surface area (Å²) in [5, 5.41) is 0. The zero-order chi connectivity index (χ0) is 15.4. The largest absolute Gasteiger partial charge is 0.353 e. The van der Waals surface area contributed by atoms with E-state index in [1.54, 1.807) is 12.1 Å². The maximum absolute atomic E-state index is 13.9. The molecule has 112 valence electrons. The average molecular weight is 352 g/mol. The molecule has 0 radical (unpaired) electrons. The highest BCUT2D eigenvalue weighted by Gasteiger charge is 2.17. The van der Waals surface area contributed by atoms with Crippen LogP contribution in [0.25, 0.3) is 0 Å². The summed E-state index contributed by atoms with van der Waals surface area (Å²) >= 11 is 3.42. The van der Waals surface area contributed by atoms with Crippen LogP contribution in [0.4, 0.5) is 10.2 Å². The van der Waals surface area contributed by atoms with Crippen LogP contribution in [-0.2, 0) is 6.42 Å². The summed E-state index contributed by atoms with van der Waals surface area (Å²) < 4.78 is 14.7. The second-order valence-corrected chi connectivity index (χ2v) is 5.84. The molecule has 2 rings (SSSR count). The van der Waals surface area contributed by atoms with Crippen LogP contribution in [0.2, 0.25) is 0 Å². The molecule has 1 atom stereocenters. The quantitative estimate of drug-likeness (QED) is 0.741. The van der Waals surface area contributed by atoms with Gasteiger partial charge in [-0.2, -0.15) is 0 Å². The molecule has 0 spiro atoms. The van der Waals surface area contributed by atoms with E-state index in [0.717, 1.165) is 29.1 Å². The molecule has 0 amide bonds. The molecular weight excluding hydrogens is 333 g/mol. The molecule has 0 fully saturated rings. The molecule has 1 unspecified atom stereocenters. The van der Waals surface area contributed by atoms with Crippen molar-refractivity contribution in [2.24, 2.45) is 0 Å². The predicted octanol–water partition coefficient (Wildman–Crippen LogP) is 4.53. The molecule has 0 bridgehead atoms. The lowest BCUT2D eigenvalue weighted by molar-refractivity contribution is 0.583. The van der Waals surface area contributed by atoms with Crippen LogP contribution in [0, 0.1) is 5.82 Å². The third kappa shape index (κ3) is 3.79. The lowest BCUT2D eigenvalue weighted by atomic mass is 10.1. The van der Waals surface area contributed by atoms with Crippen LogP contribution in [0.1, 0.15) is 37.7 Å². The summed E-state index contributed by atoms with van der Waals surface area (Å²) in [5.74, 6) is 1.39. The Bertz CT molecular complexity index is 618. The van der Waals surface area contributed by atoms with E-state index in [0.29, 0.717) is 5.56 Å². The first kappa shape index (κ1) is 15.9. The van der Waals surface area contributed by atoms with Crippen molar-refractivity contribution in [1.82, 2.24) is 9.97 Å². The van der Waals surface area contributed by atoms with Gasteiger partial charge in [0, 0.05) is 25.1 Å². The van der Waals surface area contributed by atoms with Crippen molar-refractivity contribution in [2.75, 3.05) is 11.9 Å². The summed E-state index contributed by atoms with van der Waals surface area (Å²) in [6.45, 7) is 4.06. The Kier molecular flexibility index (Phi) is 5.28. The van der Waals surface area contributed by atoms with Crippen molar-refractivity contribution in [3.63, 3.8) is 0 Å². The summed E-state index contributed by atoms with van der Waals surface area (Å²) in [6, 6.07) is 8.59. The lowest BCUT2D eigenvalue weighted by Gasteiger charge is -2.27. The number of halogens is 2. The summed E-state index contributed by atoms with van der Waals surface area (Å²) in [4.78, 5) is 10.9. The molecule has 1 aromatic heterocycles. The highest BCUT2D eigenvalue weighted by molar-refractivity contribution is 9.10. The first-order valence-corrected chi connectivity index (χ1v) is 7.83. The van der Waals surface area contributed by atoms with Gasteiger partial charge in [0.05, 0.1) is 6.04 Å². The Balaban J connectivity index is 2.31. The van der Waals surface area contributed by atoms with Gasteiger partial charge >= 0.3 is 0 Å². The molecule has 0 aliphatic heterocycles. The number of benzene rings is 1. The number of nitrogens with zero attached hydrogens (tertiary/aromatic N) is 3. The van der Waals surface area contributed by atoms with E-state index >= 15 is 0 Å². The molecule has 1 heterocycles. The number of hydrogen-bond acceptors (Lipinski definition) is 3. The van der Waals surface area contributed by atoms with E-state index in [9.17, 15) is 4.39 Å². The van der Waals surface area contributed by atoms with Gasteiger partial charge in [-0.3, -0.25) is 0 Å². The van der Waals surface area contributed by atoms with Crippen LogP contribution < -0.4 is 4.90 Å². The van der Waals surface area contributed by atoms with Crippen molar-refractivity contribution in [2.45, 2.75) is 32.7 Å². The number of aromatic nitrogens is 2. The fraction of sp³-hybridized carbons (Fsp3) is 0.375. The maximum Gasteiger partial charge on any atom is 0.133 e. The van der Waals surface area contributed by atoms with Crippen LogP contribution >= 0.6 is 15.9 Å². The highest BCUT2D eigenvalue weighted by Crippen LogP contribution is 2.27. The molecule has 0 aliphatic rings. The van der Waals surface area contributed by atoms with E-state index in [-0.39, 0.29) is 11.9 Å². The van der Waals surface area contributed by atoms with Gasteiger partial charge in [0.1, 0.15) is 22.1 Å². The van der Waals surface area contributed by atoms with Crippen molar-refractivity contribution in [3.05, 3.63) is 52.1 Å². The number of anilines is 1. The monoisotopic (exact) mass is 351 g/mol. The Labute approximate surface area is 133 Å². The van der Waals surface area contributed by atoms with Gasteiger partial charge in [-0.05, 0) is 35.3 Å². The van der Waals surface area contributed by atoms with E-state index < -0.39 is 0 Å². The average Bonchev–Trinajstić information content (AvgIpc) is 2.46. The SMILES string of the molecule is CCCc1nc(Br)cc(N(C)C(C)c2ccccc2F)n1. The van der Waals surface area contributed by atoms with Crippen LogP contribution in [0.5, 0.6) is 0 Å². The van der Waals surface area contributed by atoms with E-state index in [4.69, 9.17) is 0 Å². The first-order chi connectivity index (χ1) is 10.0. The summed E-state index contributed by atoms with van der Waals surface area (Å²) in [5.41, 5.74) is 0.659. The Morgan fingerprint density at radius 1 is 1.29 bits per heavy atom. The third-order valence-corrected chi connectivity index (χ3v) is 3.91. The molecular formula is C16H19BrFN3. The standard InChI is InChI=1S/C16H19BrFN3/c1-4-7-15-19-14(17)10-16(20-15)21(3)11(2)12-8-5-6-9-13(12)18/h5-6,8-11H,4,7H2,1-3H3. The molecule has 0 aliphatic carbocycles. The van der Waals surface area contributed by atoms with Crippen LogP contribution in [0.15, 0.2) is 34.9 Å².